The number of nitrogens with one attached hydrogen (secondary N) is 1. The second-order valence-corrected chi connectivity index (χ2v) is 12.1. The van der Waals surface area contributed by atoms with Crippen LogP contribution < -0.4 is 16.0 Å². The zero-order chi connectivity index (χ0) is 24.8. The minimum Gasteiger partial charge on any atom is -0.398 e. The van der Waals surface area contributed by atoms with Crippen molar-refractivity contribution < 1.29 is 18.3 Å². The van der Waals surface area contributed by atoms with Crippen LogP contribution in [0.2, 0.25) is 0 Å². The molecule has 1 saturated heterocycles. The Morgan fingerprint density at radius 1 is 1.17 bits per heavy atom. The summed E-state index contributed by atoms with van der Waals surface area (Å²) in [5.41, 5.74) is 5.67. The normalized spacial score (nSPS) is 33.9. The number of benzene rings is 1. The molecule has 1 aromatic carbocycles. The van der Waals surface area contributed by atoms with E-state index in [-0.39, 0.29) is 11.1 Å². The maximum Gasteiger partial charge on any atom is 0.418 e. The quantitative estimate of drug-likeness (QED) is 0.278. The first-order chi connectivity index (χ1) is 16.6. The van der Waals surface area contributed by atoms with Gasteiger partial charge in [0, 0.05) is 43.0 Å². The highest BCUT2D eigenvalue weighted by molar-refractivity contribution is 5.59. The van der Waals surface area contributed by atoms with Crippen molar-refractivity contribution in [2.24, 2.45) is 22.7 Å². The highest BCUT2D eigenvalue weighted by Crippen LogP contribution is 2.67. The molecule has 1 aliphatic heterocycles. The molecule has 0 amide bonds. The molecule has 3 aliphatic carbocycles. The van der Waals surface area contributed by atoms with Gasteiger partial charge in [-0.15, -0.1) is 0 Å². The van der Waals surface area contributed by atoms with Gasteiger partial charge in [0.1, 0.15) is 6.23 Å². The standard InChI is InChI=1S/C27H41F3N4O/c1-25-16-19-14-20(25)6-7-26(17-19,18-25)24(35)32-8-2-3-9-33-10-12-34(13-11-33)21-4-5-23(31)22(15-21)27(28,29)30/h4-5,15,19-20,24,32,35H,2-3,6-14,16-18,31H2,1H3. The number of hydrogen-bond donors (Lipinski definition) is 3. The van der Waals surface area contributed by atoms with E-state index in [1.54, 1.807) is 6.07 Å². The monoisotopic (exact) mass is 494 g/mol. The second kappa shape index (κ2) is 9.42. The lowest BCUT2D eigenvalue weighted by Crippen LogP contribution is -2.53. The lowest BCUT2D eigenvalue weighted by atomic mass is 9.54. The number of alkyl halides is 3. The topological polar surface area (TPSA) is 64.8 Å². The molecule has 5 atom stereocenters. The Bertz CT molecular complexity index is 903. The summed E-state index contributed by atoms with van der Waals surface area (Å²) in [7, 11) is 0. The Morgan fingerprint density at radius 2 is 1.94 bits per heavy atom. The van der Waals surface area contributed by atoms with Gasteiger partial charge in [-0.2, -0.15) is 13.2 Å². The smallest absolute Gasteiger partial charge is 0.398 e. The number of nitrogens with zero attached hydrogens (tertiary/aromatic N) is 2. The van der Waals surface area contributed by atoms with Crippen LogP contribution in [0.15, 0.2) is 18.2 Å². The van der Waals surface area contributed by atoms with Gasteiger partial charge in [0.2, 0.25) is 0 Å². The van der Waals surface area contributed by atoms with E-state index in [4.69, 9.17) is 5.73 Å². The van der Waals surface area contributed by atoms with Crippen LogP contribution in [0.1, 0.15) is 63.9 Å². The highest BCUT2D eigenvalue weighted by atomic mass is 19.4. The maximum absolute atomic E-state index is 13.2. The van der Waals surface area contributed by atoms with Gasteiger partial charge in [0.15, 0.2) is 0 Å². The Hall–Kier alpha value is -1.51. The summed E-state index contributed by atoms with van der Waals surface area (Å²) in [5.74, 6) is 1.69. The number of nitrogens with two attached hydrogens (primary N) is 1. The molecule has 4 fully saturated rings. The molecule has 0 spiro atoms. The van der Waals surface area contributed by atoms with Crippen molar-refractivity contribution in [3.05, 3.63) is 23.8 Å². The Labute approximate surface area is 207 Å². The van der Waals surface area contributed by atoms with Gasteiger partial charge in [0.25, 0.3) is 0 Å². The van der Waals surface area contributed by atoms with Crippen molar-refractivity contribution in [2.45, 2.75) is 70.7 Å². The van der Waals surface area contributed by atoms with Crippen LogP contribution in [0.5, 0.6) is 0 Å². The Balaban J connectivity index is 1.02. The number of hydrogen-bond acceptors (Lipinski definition) is 5. The van der Waals surface area contributed by atoms with Gasteiger partial charge in [-0.1, -0.05) is 6.92 Å². The van der Waals surface area contributed by atoms with Gasteiger partial charge < -0.3 is 15.7 Å². The number of aliphatic hydroxyl groups excluding tert-OH is 1. The minimum absolute atomic E-state index is 0.0785. The average molecular weight is 495 g/mol. The summed E-state index contributed by atoms with van der Waals surface area (Å²) in [6, 6.07) is 4.21. The van der Waals surface area contributed by atoms with Gasteiger partial charge in [-0.05, 0) is 99.9 Å². The molecule has 5 unspecified atom stereocenters. The molecule has 3 bridgehead atoms. The summed E-state index contributed by atoms with van der Waals surface area (Å²) in [6.45, 7) is 7.37. The van der Waals surface area contributed by atoms with Crippen LogP contribution in [0, 0.1) is 22.7 Å². The Kier molecular flexibility index (Phi) is 6.77. The third-order valence-corrected chi connectivity index (χ3v) is 9.70. The van der Waals surface area contributed by atoms with Crippen molar-refractivity contribution >= 4 is 11.4 Å². The van der Waals surface area contributed by atoms with Crippen molar-refractivity contribution in [1.82, 2.24) is 10.2 Å². The zero-order valence-electron chi connectivity index (χ0n) is 20.9. The second-order valence-electron chi connectivity index (χ2n) is 12.1. The van der Waals surface area contributed by atoms with E-state index in [2.05, 4.69) is 17.1 Å². The zero-order valence-corrected chi connectivity index (χ0v) is 20.9. The molecule has 5 rings (SSSR count). The predicted molar refractivity (Wildman–Crippen MR) is 133 cm³/mol. The number of rotatable bonds is 8. The van der Waals surface area contributed by atoms with Crippen LogP contribution in [-0.2, 0) is 6.18 Å². The summed E-state index contributed by atoms with van der Waals surface area (Å²) < 4.78 is 39.6. The SMILES string of the molecule is CC12CC3CC1CCC(C(O)NCCCCN1CCN(c4ccc(N)c(C(F)(F)F)c4)CC1)(C3)C2. The van der Waals surface area contributed by atoms with Crippen LogP contribution in [0.25, 0.3) is 0 Å². The first-order valence-electron chi connectivity index (χ1n) is 13.4. The third kappa shape index (κ3) is 5.03. The summed E-state index contributed by atoms with van der Waals surface area (Å²) >= 11 is 0. The van der Waals surface area contributed by atoms with E-state index in [0.29, 0.717) is 24.2 Å². The van der Waals surface area contributed by atoms with Crippen LogP contribution in [0.3, 0.4) is 0 Å². The molecular weight excluding hydrogens is 453 g/mol. The number of halogens is 3. The fraction of sp³-hybridized carbons (Fsp3) is 0.778. The summed E-state index contributed by atoms with van der Waals surface area (Å²) in [4.78, 5) is 4.39. The molecule has 1 heterocycles. The van der Waals surface area contributed by atoms with Crippen molar-refractivity contribution in [2.75, 3.05) is 49.9 Å². The third-order valence-electron chi connectivity index (χ3n) is 9.70. The minimum atomic E-state index is -4.43. The first kappa shape index (κ1) is 25.2. The summed E-state index contributed by atoms with van der Waals surface area (Å²) in [5, 5.41) is 14.6. The molecule has 5 nitrogen and oxygen atoms in total. The van der Waals surface area contributed by atoms with E-state index >= 15 is 0 Å². The first-order valence-corrected chi connectivity index (χ1v) is 13.4. The van der Waals surface area contributed by atoms with E-state index in [1.165, 1.54) is 50.7 Å². The molecule has 196 valence electrons. The van der Waals surface area contributed by atoms with Gasteiger partial charge in [0.05, 0.1) is 5.56 Å². The number of anilines is 2. The van der Waals surface area contributed by atoms with Gasteiger partial charge in [-0.25, -0.2) is 0 Å². The van der Waals surface area contributed by atoms with E-state index in [0.717, 1.165) is 50.9 Å². The number of unbranched alkanes of at least 4 members (excludes halogenated alkanes) is 1. The largest absolute Gasteiger partial charge is 0.418 e. The van der Waals surface area contributed by atoms with E-state index in [9.17, 15) is 18.3 Å². The molecule has 4 aliphatic rings. The Morgan fingerprint density at radius 3 is 2.69 bits per heavy atom. The fourth-order valence-electron chi connectivity index (χ4n) is 8.02. The molecule has 4 N–H and O–H groups in total. The lowest BCUT2D eigenvalue weighted by Gasteiger charge is -2.53. The van der Waals surface area contributed by atoms with Crippen molar-refractivity contribution in [3.63, 3.8) is 0 Å². The van der Waals surface area contributed by atoms with E-state index in [1.807, 2.05) is 4.90 Å². The number of nitrogen functional groups attached to an aromatic ring is 1. The number of aliphatic hydroxyl groups is 1. The highest BCUT2D eigenvalue weighted by Gasteiger charge is 2.59. The van der Waals surface area contributed by atoms with Crippen molar-refractivity contribution in [1.29, 1.82) is 0 Å². The number of fused-ring (bicyclic) bond motifs is 2. The maximum atomic E-state index is 13.2. The van der Waals surface area contributed by atoms with Gasteiger partial charge in [-0.3, -0.25) is 10.2 Å². The molecule has 1 aromatic rings. The lowest BCUT2D eigenvalue weighted by molar-refractivity contribution is -0.136. The summed E-state index contributed by atoms with van der Waals surface area (Å²) in [6.07, 6.45) is 4.80. The fourth-order valence-corrected chi connectivity index (χ4v) is 8.02. The average Bonchev–Trinajstić information content (AvgIpc) is 2.94. The molecule has 35 heavy (non-hydrogen) atoms. The van der Waals surface area contributed by atoms with Crippen LogP contribution in [0.4, 0.5) is 24.5 Å². The predicted octanol–water partition coefficient (Wildman–Crippen LogP) is 4.70. The van der Waals surface area contributed by atoms with Crippen molar-refractivity contribution in [3.8, 4) is 0 Å². The van der Waals surface area contributed by atoms with E-state index < -0.39 is 18.0 Å². The number of piperazine rings is 1. The molecule has 8 heteroatoms. The van der Waals surface area contributed by atoms with Gasteiger partial charge >= 0.3 is 6.18 Å². The molecular formula is C27H41F3N4O. The molecule has 0 radical (unpaired) electrons. The van der Waals surface area contributed by atoms with Crippen LogP contribution >= 0.6 is 0 Å². The van der Waals surface area contributed by atoms with Crippen LogP contribution in [-0.4, -0.2) is 55.5 Å². The molecule has 0 aromatic heterocycles. The molecule has 3 saturated carbocycles.